The van der Waals surface area contributed by atoms with Crippen molar-refractivity contribution >= 4 is 41.6 Å². The van der Waals surface area contributed by atoms with E-state index in [1.165, 1.54) is 69.3 Å². The molecule has 10 fully saturated rings. The summed E-state index contributed by atoms with van der Waals surface area (Å²) in [6.07, 6.45) is -43.4. The Balaban J connectivity index is 0.684. The van der Waals surface area contributed by atoms with E-state index in [1.807, 2.05) is 0 Å². The summed E-state index contributed by atoms with van der Waals surface area (Å²) in [5, 5.41) is 124. The zero-order valence-electron chi connectivity index (χ0n) is 63.4. The standard InChI is InChI=1S/C70H99Cl2NO39/c1-24-15-31(75)16-32(76)40(24)61(84)101-36-22-95-70(57(82)53(36)94-23-74)109-37-21-93-63(46(80)52(37)110-70)107-65-56(91-13)45(79)51(35(102-65)20-88-10)105-64-47(81)55(50(89-11)27(4)98-64)106-66-58(83)68(9)60(30(7)99-66)111-69(112-68)18-33(77)48(28(5)108-69)103-38-17-34(100-39-19-67(8,73(86)87)59(92-14)29(6)97-39)49(26(3)96-38)104-62(85)41-25(2)42(71)44(78)43(72)54(41)90-12/h15-16,23,26-30,33-39,45-53,55-60,63-66,75-83,86-87H,17-22H2,1-14H3/t26-,27-,28-,29+,30-,33-,34-,35-,36-,37+,38+,39+,45+,46-,47-,48-,49-,50+,51-,52-,53+,55-,56+,57-,58-,59+,60-,63+,64+,65+,66+,67+,68-,69-,70-/m1/s1. The minimum atomic E-state index is -2.46. The third kappa shape index (κ3) is 16.2. The summed E-state index contributed by atoms with van der Waals surface area (Å²) in [5.41, 5.74) is -3.57. The van der Waals surface area contributed by atoms with Gasteiger partial charge in [-0.25, -0.2) is 9.59 Å². The number of nitrogens with zero attached hydrogens (tertiary/aromatic N) is 1. The number of aromatic hydroxyl groups is 3. The maximum atomic E-state index is 14.3. The highest BCUT2D eigenvalue weighted by Gasteiger charge is 2.70. The number of carbonyl (C=O) groups is 3. The molecule has 10 heterocycles. The Kier molecular flexibility index (Phi) is 26.7. The van der Waals surface area contributed by atoms with Gasteiger partial charge < -0.3 is 164 Å². The Labute approximate surface area is 651 Å². The molecule has 42 heteroatoms. The zero-order valence-corrected chi connectivity index (χ0v) is 64.9. The van der Waals surface area contributed by atoms with E-state index < -0.39 is 256 Å². The molecule has 0 aromatic heterocycles. The van der Waals surface area contributed by atoms with Gasteiger partial charge in [-0.15, -0.1) is 0 Å². The number of hydroxylamine groups is 2. The summed E-state index contributed by atoms with van der Waals surface area (Å²) in [6.45, 7) is 12.6. The van der Waals surface area contributed by atoms with E-state index in [2.05, 4.69) is 0 Å². The first-order chi connectivity index (χ1) is 52.9. The predicted octanol–water partition coefficient (Wildman–Crippen LogP) is 0.227. The largest absolute Gasteiger partial charge is 0.508 e. The number of fused-ring (bicyclic) bond motifs is 2. The van der Waals surface area contributed by atoms with Crippen molar-refractivity contribution in [3.8, 4) is 23.0 Å². The normalized spacial score (nSPS) is 44.9. The Morgan fingerprint density at radius 2 is 1.29 bits per heavy atom. The second-order valence-corrected chi connectivity index (χ2v) is 30.5. The molecule has 40 nitrogen and oxygen atoms in total. The van der Waals surface area contributed by atoms with Crippen molar-refractivity contribution in [1.29, 1.82) is 0 Å². The van der Waals surface area contributed by atoms with E-state index in [9.17, 15) is 70.8 Å². The Hall–Kier alpha value is -4.57. The van der Waals surface area contributed by atoms with Gasteiger partial charge in [0.05, 0.1) is 75.0 Å². The van der Waals surface area contributed by atoms with Crippen molar-refractivity contribution in [2.24, 2.45) is 0 Å². The fourth-order valence-corrected chi connectivity index (χ4v) is 17.2. The number of benzene rings is 2. The lowest BCUT2D eigenvalue weighted by Crippen LogP contribution is -2.68. The van der Waals surface area contributed by atoms with Crippen LogP contribution in [0.1, 0.15) is 99.6 Å². The molecule has 0 bridgehead atoms. The number of phenols is 3. The van der Waals surface area contributed by atoms with E-state index in [1.54, 1.807) is 34.6 Å². The molecule has 632 valence electrons. The molecule has 0 amide bonds. The number of aryl methyl sites for hydroxylation is 1. The number of hydrogen-bond donors (Lipinski definition) is 11. The first kappa shape index (κ1) is 86.8. The third-order valence-corrected chi connectivity index (χ3v) is 23.1. The smallest absolute Gasteiger partial charge is 0.342 e. The van der Waals surface area contributed by atoms with Gasteiger partial charge in [-0.1, -0.05) is 28.4 Å². The van der Waals surface area contributed by atoms with Gasteiger partial charge in [0, 0.05) is 47.3 Å². The lowest BCUT2D eigenvalue weighted by atomic mass is 9.85. The van der Waals surface area contributed by atoms with Crippen LogP contribution < -0.4 is 4.74 Å². The molecular formula is C70H99Cl2NO39. The predicted molar refractivity (Wildman–Crippen MR) is 364 cm³/mol. The summed E-state index contributed by atoms with van der Waals surface area (Å²) in [4.78, 5) is 39.4. The summed E-state index contributed by atoms with van der Waals surface area (Å²) in [5.74, 6) is -8.34. The number of phenolic OH excluding ortho intramolecular Hbond substituents is 3. The molecule has 0 saturated carbocycles. The van der Waals surface area contributed by atoms with Gasteiger partial charge in [0.25, 0.3) is 12.4 Å². The number of aliphatic hydroxyl groups is 6. The van der Waals surface area contributed by atoms with E-state index >= 15 is 0 Å². The molecule has 12 rings (SSSR count). The lowest BCUT2D eigenvalue weighted by Gasteiger charge is -2.50. The molecule has 2 aromatic rings. The maximum Gasteiger partial charge on any atom is 0.342 e. The molecule has 0 aliphatic carbocycles. The summed E-state index contributed by atoms with van der Waals surface area (Å²) >= 11 is 12.8. The van der Waals surface area contributed by atoms with Gasteiger partial charge in [0.2, 0.25) is 0 Å². The molecule has 10 saturated heterocycles. The fourth-order valence-electron chi connectivity index (χ4n) is 16.7. The topological polar surface area (TPSA) is 508 Å². The highest BCUT2D eigenvalue weighted by molar-refractivity contribution is 6.39. The Morgan fingerprint density at radius 1 is 0.616 bits per heavy atom. The monoisotopic (exact) mass is 1650 g/mol. The quantitative estimate of drug-likeness (QED) is 0.0307. The molecule has 2 spiro atoms. The first-order valence-corrected chi connectivity index (χ1v) is 37.0. The highest BCUT2D eigenvalue weighted by Crippen LogP contribution is 2.53. The maximum absolute atomic E-state index is 14.3. The summed E-state index contributed by atoms with van der Waals surface area (Å²) < 4.78 is 152. The third-order valence-electron chi connectivity index (χ3n) is 22.3. The van der Waals surface area contributed by atoms with Crippen molar-refractivity contribution in [3.05, 3.63) is 44.4 Å². The Morgan fingerprint density at radius 3 is 1.95 bits per heavy atom. The Bertz CT molecular complexity index is 3590. The van der Waals surface area contributed by atoms with Crippen LogP contribution >= 0.6 is 23.2 Å². The van der Waals surface area contributed by atoms with Crippen LogP contribution in [-0.2, 0) is 118 Å². The van der Waals surface area contributed by atoms with Crippen LogP contribution in [0.2, 0.25) is 10.0 Å². The number of methoxy groups -OCH3 is 5. The van der Waals surface area contributed by atoms with Crippen molar-refractivity contribution in [3.63, 3.8) is 0 Å². The molecular weight excluding hydrogens is 1550 g/mol. The fraction of sp³-hybridized carbons (Fsp3) is 0.786. The number of hydrogen-bond acceptors (Lipinski definition) is 40. The average Bonchev–Trinajstić information content (AvgIpc) is 1.56. The molecule has 11 N–H and O–H groups in total. The average molecular weight is 1650 g/mol. The zero-order chi connectivity index (χ0) is 81.4. The van der Waals surface area contributed by atoms with Crippen LogP contribution in [0.25, 0.3) is 0 Å². The van der Waals surface area contributed by atoms with E-state index in [0.717, 1.165) is 6.07 Å². The minimum Gasteiger partial charge on any atom is -0.508 e. The molecule has 0 unspecified atom stereocenters. The lowest BCUT2D eigenvalue weighted by molar-refractivity contribution is -0.417. The number of halogens is 2. The van der Waals surface area contributed by atoms with Gasteiger partial charge >= 0.3 is 17.9 Å². The van der Waals surface area contributed by atoms with Crippen LogP contribution in [0, 0.1) is 13.8 Å². The number of carbonyl (C=O) groups excluding carboxylic acids is 3. The number of rotatable bonds is 23. The van der Waals surface area contributed by atoms with Crippen LogP contribution in [-0.4, -0.2) is 349 Å². The van der Waals surface area contributed by atoms with Crippen molar-refractivity contribution in [2.45, 2.75) is 295 Å². The van der Waals surface area contributed by atoms with Gasteiger partial charge in [-0.05, 0) is 79.5 Å². The van der Waals surface area contributed by atoms with Crippen molar-refractivity contribution in [2.75, 3.05) is 55.4 Å². The van der Waals surface area contributed by atoms with Gasteiger partial charge in [-0.2, -0.15) is 0 Å². The van der Waals surface area contributed by atoms with E-state index in [-0.39, 0.29) is 74.9 Å². The van der Waals surface area contributed by atoms with E-state index in [0.29, 0.717) is 0 Å². The second-order valence-electron chi connectivity index (χ2n) is 29.7. The molecule has 35 atom stereocenters. The highest BCUT2D eigenvalue weighted by atomic mass is 35.5. The van der Waals surface area contributed by atoms with Crippen LogP contribution in [0.15, 0.2) is 12.1 Å². The summed E-state index contributed by atoms with van der Waals surface area (Å²) in [7, 11) is 6.50. The molecule has 10 aliphatic rings. The van der Waals surface area contributed by atoms with Crippen LogP contribution in [0.3, 0.4) is 0 Å². The minimum absolute atomic E-state index is 0.0202. The number of ether oxygens (including phenoxy) is 25. The van der Waals surface area contributed by atoms with Gasteiger partial charge in [0.1, 0.15) is 130 Å². The first-order valence-electron chi connectivity index (χ1n) is 36.3. The molecule has 112 heavy (non-hydrogen) atoms. The second kappa shape index (κ2) is 34.4. The van der Waals surface area contributed by atoms with Crippen molar-refractivity contribution in [1.82, 2.24) is 5.23 Å². The van der Waals surface area contributed by atoms with Crippen LogP contribution in [0.5, 0.6) is 23.0 Å². The van der Waals surface area contributed by atoms with Crippen LogP contribution in [0.4, 0.5) is 0 Å². The van der Waals surface area contributed by atoms with Crippen molar-refractivity contribution < 1.29 is 189 Å². The van der Waals surface area contributed by atoms with Gasteiger partial charge in [-0.3, -0.25) is 15.2 Å². The van der Waals surface area contributed by atoms with Gasteiger partial charge in [0.15, 0.2) is 73.7 Å². The molecule has 10 aliphatic heterocycles. The summed E-state index contributed by atoms with van der Waals surface area (Å²) in [6, 6.07) is 2.11. The molecule has 0 radical (unpaired) electrons. The SMILES string of the molecule is COC[C@H]1O[C@@H](O[C@@H]2OC[C@@H]3O[C@@]4(OC[C@@H](OC(=O)c5c(C)cc(O)cc5O)[C@H](OC=O)[C@H]4O)O[C@H]3[C@H]2O)[C@@H](OC)[C@@H](O)[C@@H]1O[C@@H]1O[C@H](C)[C@H](OC)[C@H](O[C@@H]2O[C@H](C)[C@H]3O[C@]4(C[C@@H](O)[C@H](O[C@H]5C[C@@H](O[C@H]6C[C@](C)(N(O)O)[C@@H](OC)[C@H](C)O6)[C@H](OC(=O)c6c(C)c(Cl)c(O)c(Cl)c6OC)[C@@H](C)O5)[C@@H](C)O4)O[C@]3(C)[C@@H]2O)[C@H]1O. The molecule has 2 aromatic carbocycles. The number of esters is 2. The number of aliphatic hydroxyl groups excluding tert-OH is 6. The van der Waals surface area contributed by atoms with E-state index in [4.69, 9.17) is 142 Å².